The highest BCUT2D eigenvalue weighted by Gasteiger charge is 2.37. The molecule has 1 fully saturated rings. The summed E-state index contributed by atoms with van der Waals surface area (Å²) >= 11 is 0. The first-order chi connectivity index (χ1) is 14.4. The van der Waals surface area contributed by atoms with Crippen LogP contribution in [0.25, 0.3) is 6.08 Å². The van der Waals surface area contributed by atoms with E-state index in [0.717, 1.165) is 4.90 Å². The van der Waals surface area contributed by atoms with Gasteiger partial charge in [0.1, 0.15) is 11.3 Å². The van der Waals surface area contributed by atoms with Crippen LogP contribution < -0.4 is 24.4 Å². The molecule has 0 aromatic heterocycles. The first kappa shape index (κ1) is 19.0. The number of ether oxygens (including phenoxy) is 3. The highest BCUT2D eigenvalue weighted by atomic mass is 16.7. The molecule has 0 atom stereocenters. The Morgan fingerprint density at radius 2 is 1.83 bits per heavy atom. The Labute approximate surface area is 169 Å². The summed E-state index contributed by atoms with van der Waals surface area (Å²) in [5.41, 5.74) is 0.459. The molecule has 0 aliphatic carbocycles. The van der Waals surface area contributed by atoms with Gasteiger partial charge in [0, 0.05) is 6.07 Å². The van der Waals surface area contributed by atoms with E-state index >= 15 is 0 Å². The van der Waals surface area contributed by atoms with Crippen molar-refractivity contribution >= 4 is 35.6 Å². The predicted octanol–water partition coefficient (Wildman–Crippen LogP) is 1.55. The third-order valence-corrected chi connectivity index (χ3v) is 4.27. The smallest absolute Gasteiger partial charge is 0.341 e. The Bertz CT molecular complexity index is 1090. The van der Waals surface area contributed by atoms with Crippen molar-refractivity contribution in [2.75, 3.05) is 18.3 Å². The highest BCUT2D eigenvalue weighted by Crippen LogP contribution is 2.36. The monoisotopic (exact) mass is 410 g/mol. The van der Waals surface area contributed by atoms with Gasteiger partial charge in [-0.3, -0.25) is 14.9 Å². The number of nitrogens with one attached hydrogen (secondary N) is 1. The maximum atomic E-state index is 12.9. The van der Waals surface area contributed by atoms with Crippen LogP contribution in [0.15, 0.2) is 48.0 Å². The lowest BCUT2D eigenvalue weighted by molar-refractivity contribution is -0.139. The number of aliphatic carboxylic acids is 1. The number of carboxylic acid groups (broad SMARTS) is 1. The van der Waals surface area contributed by atoms with Crippen molar-refractivity contribution in [2.24, 2.45) is 0 Å². The van der Waals surface area contributed by atoms with Gasteiger partial charge in [-0.1, -0.05) is 12.1 Å². The zero-order valence-corrected chi connectivity index (χ0v) is 15.3. The van der Waals surface area contributed by atoms with Gasteiger partial charge in [0.15, 0.2) is 18.1 Å². The van der Waals surface area contributed by atoms with E-state index in [9.17, 15) is 19.2 Å². The summed E-state index contributed by atoms with van der Waals surface area (Å²) in [5, 5.41) is 10.8. The van der Waals surface area contributed by atoms with E-state index < -0.39 is 30.4 Å². The first-order valence-electron chi connectivity index (χ1n) is 8.68. The molecule has 2 aliphatic rings. The van der Waals surface area contributed by atoms with Crippen LogP contribution in [-0.4, -0.2) is 42.3 Å². The van der Waals surface area contributed by atoms with Gasteiger partial charge in [0.25, 0.3) is 11.8 Å². The quantitative estimate of drug-likeness (QED) is 0.561. The zero-order chi connectivity index (χ0) is 21.3. The molecule has 0 saturated carbocycles. The number of carboxylic acids is 1. The number of imide groups is 2. The first-order valence-corrected chi connectivity index (χ1v) is 8.68. The molecular formula is C20H14N2O8. The van der Waals surface area contributed by atoms with Crippen molar-refractivity contribution in [1.29, 1.82) is 0 Å². The molecule has 2 aliphatic heterocycles. The Morgan fingerprint density at radius 1 is 1.10 bits per heavy atom. The van der Waals surface area contributed by atoms with Crippen LogP contribution in [0.1, 0.15) is 5.56 Å². The number of anilines is 1. The Kier molecular flexibility index (Phi) is 4.80. The number of amides is 4. The standard InChI is InChI=1S/C20H14N2O8/c23-17(24)9-28-13-4-1-11(2-5-13)7-14-18(25)21-20(27)22(19(14)26)12-3-6-15-16(8-12)30-10-29-15/h1-8H,9-10H2,(H,23,24)(H,21,25,27). The third-order valence-electron chi connectivity index (χ3n) is 4.27. The lowest BCUT2D eigenvalue weighted by Crippen LogP contribution is -2.54. The largest absolute Gasteiger partial charge is 0.482 e. The maximum Gasteiger partial charge on any atom is 0.341 e. The van der Waals surface area contributed by atoms with Crippen LogP contribution in [0.5, 0.6) is 17.2 Å². The number of urea groups is 1. The number of benzene rings is 2. The van der Waals surface area contributed by atoms with Crippen molar-refractivity contribution in [1.82, 2.24) is 5.32 Å². The van der Waals surface area contributed by atoms with Crippen LogP contribution >= 0.6 is 0 Å². The molecule has 2 aromatic rings. The second kappa shape index (κ2) is 7.59. The second-order valence-corrected chi connectivity index (χ2v) is 6.25. The zero-order valence-electron chi connectivity index (χ0n) is 15.3. The van der Waals surface area contributed by atoms with Gasteiger partial charge >= 0.3 is 12.0 Å². The van der Waals surface area contributed by atoms with Gasteiger partial charge < -0.3 is 19.3 Å². The van der Waals surface area contributed by atoms with E-state index in [2.05, 4.69) is 5.32 Å². The average Bonchev–Trinajstić information content (AvgIpc) is 3.18. The molecular weight excluding hydrogens is 396 g/mol. The van der Waals surface area contributed by atoms with E-state index in [-0.39, 0.29) is 18.1 Å². The summed E-state index contributed by atoms with van der Waals surface area (Å²) in [4.78, 5) is 48.8. The van der Waals surface area contributed by atoms with Gasteiger partial charge in [0.2, 0.25) is 6.79 Å². The molecule has 10 heteroatoms. The molecule has 0 unspecified atom stereocenters. The van der Waals surface area contributed by atoms with Crippen LogP contribution in [0.3, 0.4) is 0 Å². The number of carbonyl (C=O) groups excluding carboxylic acids is 3. The number of nitrogens with zero attached hydrogens (tertiary/aromatic N) is 1. The lowest BCUT2D eigenvalue weighted by atomic mass is 10.1. The molecule has 2 heterocycles. The van der Waals surface area contributed by atoms with E-state index in [1.54, 1.807) is 18.2 Å². The van der Waals surface area contributed by atoms with E-state index in [4.69, 9.17) is 19.3 Å². The summed E-state index contributed by atoms with van der Waals surface area (Å²) in [6.07, 6.45) is 1.32. The number of barbiturate groups is 1. The highest BCUT2D eigenvalue weighted by molar-refractivity contribution is 6.39. The van der Waals surface area contributed by atoms with E-state index in [1.807, 2.05) is 0 Å². The molecule has 10 nitrogen and oxygen atoms in total. The van der Waals surface area contributed by atoms with E-state index in [0.29, 0.717) is 22.8 Å². The van der Waals surface area contributed by atoms with Crippen LogP contribution in [0.4, 0.5) is 10.5 Å². The molecule has 1 saturated heterocycles. The van der Waals surface area contributed by atoms with E-state index in [1.165, 1.54) is 30.3 Å². The minimum atomic E-state index is -1.11. The van der Waals surface area contributed by atoms with Crippen molar-refractivity contribution < 1.29 is 38.5 Å². The Morgan fingerprint density at radius 3 is 2.57 bits per heavy atom. The number of hydrogen-bond acceptors (Lipinski definition) is 7. The number of hydrogen-bond donors (Lipinski definition) is 2. The molecule has 152 valence electrons. The normalized spacial score (nSPS) is 16.6. The maximum absolute atomic E-state index is 12.9. The minimum Gasteiger partial charge on any atom is -0.482 e. The Hall–Kier alpha value is -4.34. The van der Waals surface area contributed by atoms with Gasteiger partial charge in [0.05, 0.1) is 5.69 Å². The SMILES string of the molecule is O=C(O)COc1ccc(C=C2C(=O)NC(=O)N(c3ccc4c(c3)OCO4)C2=O)cc1. The number of fused-ring (bicyclic) bond motifs is 1. The molecule has 0 bridgehead atoms. The lowest BCUT2D eigenvalue weighted by Gasteiger charge is -2.26. The van der Waals surface area contributed by atoms with Gasteiger partial charge in [-0.25, -0.2) is 14.5 Å². The summed E-state index contributed by atoms with van der Waals surface area (Å²) in [6.45, 7) is -0.456. The summed E-state index contributed by atoms with van der Waals surface area (Å²) < 4.78 is 15.5. The predicted molar refractivity (Wildman–Crippen MR) is 101 cm³/mol. The van der Waals surface area contributed by atoms with Crippen molar-refractivity contribution in [3.63, 3.8) is 0 Å². The summed E-state index contributed by atoms with van der Waals surface area (Å²) in [6, 6.07) is 9.77. The van der Waals surface area contributed by atoms with Crippen molar-refractivity contribution in [2.45, 2.75) is 0 Å². The van der Waals surface area contributed by atoms with Crippen LogP contribution in [-0.2, 0) is 14.4 Å². The number of rotatable bonds is 5. The fourth-order valence-corrected chi connectivity index (χ4v) is 2.89. The van der Waals surface area contributed by atoms with Crippen molar-refractivity contribution in [3.8, 4) is 17.2 Å². The molecule has 2 aromatic carbocycles. The van der Waals surface area contributed by atoms with Gasteiger partial charge in [-0.2, -0.15) is 0 Å². The molecule has 0 spiro atoms. The molecule has 4 rings (SSSR count). The summed E-state index contributed by atoms with van der Waals surface area (Å²) in [7, 11) is 0. The molecule has 0 radical (unpaired) electrons. The van der Waals surface area contributed by atoms with Crippen molar-refractivity contribution in [3.05, 3.63) is 53.6 Å². The second-order valence-electron chi connectivity index (χ2n) is 6.25. The number of carbonyl (C=O) groups is 4. The van der Waals surface area contributed by atoms with Gasteiger partial charge in [-0.05, 0) is 35.9 Å². The average molecular weight is 410 g/mol. The molecule has 4 amide bonds. The molecule has 30 heavy (non-hydrogen) atoms. The minimum absolute atomic E-state index is 0.0365. The summed E-state index contributed by atoms with van der Waals surface area (Å²) in [5.74, 6) is -1.55. The Balaban J connectivity index is 1.60. The van der Waals surface area contributed by atoms with Crippen LogP contribution in [0.2, 0.25) is 0 Å². The third kappa shape index (κ3) is 3.65. The fraction of sp³-hybridized carbons (Fsp3) is 0.100. The molecule has 2 N–H and O–H groups in total. The van der Waals surface area contributed by atoms with Crippen LogP contribution in [0, 0.1) is 0 Å². The van der Waals surface area contributed by atoms with Gasteiger partial charge in [-0.15, -0.1) is 0 Å². The topological polar surface area (TPSA) is 131 Å². The fourth-order valence-electron chi connectivity index (χ4n) is 2.89.